The van der Waals surface area contributed by atoms with E-state index in [9.17, 15) is 4.79 Å². The smallest absolute Gasteiger partial charge is 0.247 e. The number of carbonyl (C=O) groups excluding carboxylic acids is 1. The highest BCUT2D eigenvalue weighted by Crippen LogP contribution is 2.38. The van der Waals surface area contributed by atoms with Crippen molar-refractivity contribution < 1.29 is 14.3 Å². The Hall–Kier alpha value is -2.75. The lowest BCUT2D eigenvalue weighted by atomic mass is 10.0. The van der Waals surface area contributed by atoms with Crippen LogP contribution in [0.4, 0.5) is 0 Å². The monoisotopic (exact) mass is 351 g/mol. The van der Waals surface area contributed by atoms with Gasteiger partial charge in [-0.05, 0) is 43.5 Å². The molecule has 1 heterocycles. The Morgan fingerprint density at radius 2 is 1.88 bits per heavy atom. The first-order valence-corrected chi connectivity index (χ1v) is 8.89. The van der Waals surface area contributed by atoms with E-state index in [0.29, 0.717) is 0 Å². The van der Waals surface area contributed by atoms with Crippen LogP contribution in [0.5, 0.6) is 11.5 Å². The van der Waals surface area contributed by atoms with Crippen molar-refractivity contribution in [1.29, 1.82) is 0 Å². The molecule has 0 radical (unpaired) electrons. The van der Waals surface area contributed by atoms with Gasteiger partial charge in [0, 0.05) is 24.3 Å². The molecule has 136 valence electrons. The molecular weight excluding hydrogens is 326 g/mol. The standard InChI is InChI=1S/C22H25NO3/c1-16-6-8-17(9-7-16)10-13-22(24)23-14-4-5-20(23)19-12-11-18(25-2)15-21(19)26-3/h6-13,15,20H,4-5,14H2,1-3H3/b13-10+. The number of ether oxygens (including phenoxy) is 2. The quantitative estimate of drug-likeness (QED) is 0.750. The van der Waals surface area contributed by atoms with Gasteiger partial charge in [0.25, 0.3) is 0 Å². The number of benzene rings is 2. The molecule has 1 aliphatic rings. The molecular formula is C22H25NO3. The molecule has 3 rings (SSSR count). The van der Waals surface area contributed by atoms with Crippen molar-refractivity contribution in [3.05, 3.63) is 65.2 Å². The molecule has 0 saturated carbocycles. The molecule has 1 amide bonds. The average molecular weight is 351 g/mol. The summed E-state index contributed by atoms with van der Waals surface area (Å²) in [5.41, 5.74) is 3.27. The van der Waals surface area contributed by atoms with Gasteiger partial charge in [-0.25, -0.2) is 0 Å². The summed E-state index contributed by atoms with van der Waals surface area (Å²) in [5, 5.41) is 0. The first-order chi connectivity index (χ1) is 12.6. The van der Waals surface area contributed by atoms with Crippen LogP contribution in [0.1, 0.15) is 35.6 Å². The van der Waals surface area contributed by atoms with Gasteiger partial charge in [-0.1, -0.05) is 29.8 Å². The maximum Gasteiger partial charge on any atom is 0.247 e. The van der Waals surface area contributed by atoms with Gasteiger partial charge in [-0.3, -0.25) is 4.79 Å². The lowest BCUT2D eigenvalue weighted by molar-refractivity contribution is -0.126. The van der Waals surface area contributed by atoms with Crippen LogP contribution in [-0.4, -0.2) is 31.6 Å². The lowest BCUT2D eigenvalue weighted by Gasteiger charge is -2.25. The van der Waals surface area contributed by atoms with Crippen LogP contribution in [-0.2, 0) is 4.79 Å². The maximum atomic E-state index is 12.8. The van der Waals surface area contributed by atoms with Crippen LogP contribution < -0.4 is 9.47 Å². The summed E-state index contributed by atoms with van der Waals surface area (Å²) < 4.78 is 10.8. The van der Waals surface area contributed by atoms with Crippen molar-refractivity contribution in [2.45, 2.75) is 25.8 Å². The molecule has 4 heteroatoms. The van der Waals surface area contributed by atoms with Crippen LogP contribution in [0.15, 0.2) is 48.5 Å². The average Bonchev–Trinajstić information content (AvgIpc) is 3.16. The van der Waals surface area contributed by atoms with Crippen LogP contribution in [0.3, 0.4) is 0 Å². The van der Waals surface area contributed by atoms with Gasteiger partial charge in [0.2, 0.25) is 5.91 Å². The number of likely N-dealkylation sites (tertiary alicyclic amines) is 1. The van der Waals surface area contributed by atoms with Crippen molar-refractivity contribution >= 4 is 12.0 Å². The van der Waals surface area contributed by atoms with E-state index < -0.39 is 0 Å². The van der Waals surface area contributed by atoms with Crippen LogP contribution in [0.25, 0.3) is 6.08 Å². The second kappa shape index (κ2) is 8.09. The SMILES string of the molecule is COc1ccc(C2CCCN2C(=O)/C=C/c2ccc(C)cc2)c(OC)c1. The molecule has 1 unspecified atom stereocenters. The molecule has 2 aromatic carbocycles. The van der Waals surface area contributed by atoms with E-state index >= 15 is 0 Å². The van der Waals surface area contributed by atoms with Crippen LogP contribution in [0.2, 0.25) is 0 Å². The van der Waals surface area contributed by atoms with Gasteiger partial charge in [0.1, 0.15) is 11.5 Å². The molecule has 1 fully saturated rings. The fraction of sp³-hybridized carbons (Fsp3) is 0.318. The zero-order valence-electron chi connectivity index (χ0n) is 15.6. The predicted octanol–water partition coefficient (Wildman–Crippen LogP) is 4.39. The zero-order valence-corrected chi connectivity index (χ0v) is 15.6. The molecule has 1 atom stereocenters. The fourth-order valence-corrected chi connectivity index (χ4v) is 3.39. The minimum Gasteiger partial charge on any atom is -0.497 e. The molecule has 0 N–H and O–H groups in total. The highest BCUT2D eigenvalue weighted by Gasteiger charge is 2.30. The normalized spacial score (nSPS) is 16.9. The van der Waals surface area contributed by atoms with E-state index in [4.69, 9.17) is 9.47 Å². The van der Waals surface area contributed by atoms with Crippen LogP contribution in [0, 0.1) is 6.92 Å². The maximum absolute atomic E-state index is 12.8. The minimum atomic E-state index is 0.0333. The summed E-state index contributed by atoms with van der Waals surface area (Å²) in [6.07, 6.45) is 5.47. The third-order valence-corrected chi connectivity index (χ3v) is 4.83. The summed E-state index contributed by atoms with van der Waals surface area (Å²) in [7, 11) is 3.28. The third-order valence-electron chi connectivity index (χ3n) is 4.83. The summed E-state index contributed by atoms with van der Waals surface area (Å²) >= 11 is 0. The van der Waals surface area contributed by atoms with Gasteiger partial charge in [-0.2, -0.15) is 0 Å². The Morgan fingerprint density at radius 3 is 2.58 bits per heavy atom. The van der Waals surface area contributed by atoms with Crippen molar-refractivity contribution in [3.8, 4) is 11.5 Å². The molecule has 0 spiro atoms. The van der Waals surface area contributed by atoms with Crippen molar-refractivity contribution in [1.82, 2.24) is 4.90 Å². The number of amides is 1. The van der Waals surface area contributed by atoms with Crippen LogP contribution >= 0.6 is 0 Å². The Balaban J connectivity index is 1.79. The van der Waals surface area contributed by atoms with Gasteiger partial charge in [0.15, 0.2) is 0 Å². The molecule has 0 aromatic heterocycles. The molecule has 26 heavy (non-hydrogen) atoms. The summed E-state index contributed by atoms with van der Waals surface area (Å²) in [6, 6.07) is 14.0. The summed E-state index contributed by atoms with van der Waals surface area (Å²) in [4.78, 5) is 14.7. The second-order valence-electron chi connectivity index (χ2n) is 6.54. The van der Waals surface area contributed by atoms with E-state index in [0.717, 1.165) is 42.0 Å². The number of nitrogens with zero attached hydrogens (tertiary/aromatic N) is 1. The van der Waals surface area contributed by atoms with Gasteiger partial charge < -0.3 is 14.4 Å². The van der Waals surface area contributed by atoms with Gasteiger partial charge in [-0.15, -0.1) is 0 Å². The highest BCUT2D eigenvalue weighted by molar-refractivity contribution is 5.92. The summed E-state index contributed by atoms with van der Waals surface area (Å²) in [5.74, 6) is 1.54. The fourth-order valence-electron chi connectivity index (χ4n) is 3.39. The minimum absolute atomic E-state index is 0.0333. The zero-order chi connectivity index (χ0) is 18.5. The largest absolute Gasteiger partial charge is 0.497 e. The molecule has 0 aliphatic carbocycles. The number of hydrogen-bond acceptors (Lipinski definition) is 3. The van der Waals surface area contributed by atoms with E-state index in [2.05, 4.69) is 6.92 Å². The summed E-state index contributed by atoms with van der Waals surface area (Å²) in [6.45, 7) is 2.81. The Morgan fingerprint density at radius 1 is 1.12 bits per heavy atom. The Bertz CT molecular complexity index is 796. The molecule has 1 saturated heterocycles. The number of methoxy groups -OCH3 is 2. The first-order valence-electron chi connectivity index (χ1n) is 8.89. The highest BCUT2D eigenvalue weighted by atomic mass is 16.5. The van der Waals surface area contributed by atoms with Crippen molar-refractivity contribution in [3.63, 3.8) is 0 Å². The second-order valence-corrected chi connectivity index (χ2v) is 6.54. The lowest BCUT2D eigenvalue weighted by Crippen LogP contribution is -2.29. The van der Waals surface area contributed by atoms with E-state index in [1.807, 2.05) is 53.4 Å². The number of carbonyl (C=O) groups is 1. The van der Waals surface area contributed by atoms with Gasteiger partial charge in [0.05, 0.1) is 20.3 Å². The van der Waals surface area contributed by atoms with Gasteiger partial charge >= 0.3 is 0 Å². The van der Waals surface area contributed by atoms with Crippen molar-refractivity contribution in [2.75, 3.05) is 20.8 Å². The molecule has 1 aliphatic heterocycles. The number of aryl methyl sites for hydroxylation is 1. The third kappa shape index (κ3) is 3.90. The van der Waals surface area contributed by atoms with E-state index in [-0.39, 0.29) is 11.9 Å². The predicted molar refractivity (Wildman–Crippen MR) is 103 cm³/mol. The Kier molecular flexibility index (Phi) is 5.61. The topological polar surface area (TPSA) is 38.8 Å². The van der Waals surface area contributed by atoms with Crippen molar-refractivity contribution in [2.24, 2.45) is 0 Å². The molecule has 4 nitrogen and oxygen atoms in total. The Labute approximate surface area is 155 Å². The first kappa shape index (κ1) is 18.1. The van der Waals surface area contributed by atoms with E-state index in [1.54, 1.807) is 20.3 Å². The number of rotatable bonds is 5. The molecule has 0 bridgehead atoms. The molecule has 2 aromatic rings. The number of hydrogen-bond donors (Lipinski definition) is 0. The van der Waals surface area contributed by atoms with E-state index in [1.165, 1.54) is 5.56 Å².